The van der Waals surface area contributed by atoms with Gasteiger partial charge in [0.15, 0.2) is 5.60 Å². The van der Waals surface area contributed by atoms with Crippen LogP contribution in [0, 0.1) is 5.82 Å². The molecule has 0 fully saturated rings. The molecule has 1 heterocycles. The van der Waals surface area contributed by atoms with Crippen molar-refractivity contribution in [2.24, 2.45) is 0 Å². The number of nitrogens with zero attached hydrogens (tertiary/aromatic N) is 2. The second-order valence-corrected chi connectivity index (χ2v) is 8.18. The maximum Gasteiger partial charge on any atom is 0.418 e. The predicted molar refractivity (Wildman–Crippen MR) is 109 cm³/mol. The highest BCUT2D eigenvalue weighted by atomic mass is 19.4. The van der Waals surface area contributed by atoms with E-state index in [1.54, 1.807) is 30.3 Å². The van der Waals surface area contributed by atoms with Crippen LogP contribution >= 0.6 is 0 Å². The minimum absolute atomic E-state index is 0.242. The van der Waals surface area contributed by atoms with Gasteiger partial charge in [0.1, 0.15) is 17.4 Å². The molecule has 0 spiro atoms. The average Bonchev–Trinajstić information content (AvgIpc) is 3.15. The SMILES string of the molecule is COc1ccc(F)cc1C(C)(C)CC(O)(Cn1ccnc1-c1ccccc1)C(F)(F)F. The van der Waals surface area contributed by atoms with Crippen molar-refractivity contribution in [2.45, 2.75) is 44.0 Å². The molecule has 31 heavy (non-hydrogen) atoms. The van der Waals surface area contributed by atoms with Crippen molar-refractivity contribution < 1.29 is 27.4 Å². The summed E-state index contributed by atoms with van der Waals surface area (Å²) in [5.74, 6) is -0.0339. The van der Waals surface area contributed by atoms with E-state index in [-0.39, 0.29) is 11.3 Å². The second-order valence-electron chi connectivity index (χ2n) is 8.18. The summed E-state index contributed by atoms with van der Waals surface area (Å²) in [7, 11) is 1.36. The summed E-state index contributed by atoms with van der Waals surface area (Å²) >= 11 is 0. The third-order valence-electron chi connectivity index (χ3n) is 5.33. The van der Waals surface area contributed by atoms with Crippen LogP contribution in [0.2, 0.25) is 0 Å². The van der Waals surface area contributed by atoms with Crippen LogP contribution in [0.1, 0.15) is 25.8 Å². The van der Waals surface area contributed by atoms with Crippen LogP contribution in [0.3, 0.4) is 0 Å². The number of aromatic nitrogens is 2. The molecule has 166 valence electrons. The molecule has 0 radical (unpaired) electrons. The number of alkyl halides is 3. The Morgan fingerprint density at radius 3 is 2.35 bits per heavy atom. The van der Waals surface area contributed by atoms with Crippen molar-refractivity contribution >= 4 is 0 Å². The number of ether oxygens (including phenoxy) is 1. The molecule has 3 aromatic rings. The summed E-state index contributed by atoms with van der Waals surface area (Å²) in [6, 6.07) is 12.4. The quantitative estimate of drug-likeness (QED) is 0.508. The Hall–Kier alpha value is -2.87. The summed E-state index contributed by atoms with van der Waals surface area (Å²) in [5, 5.41) is 10.9. The van der Waals surface area contributed by atoms with Crippen molar-refractivity contribution in [1.82, 2.24) is 9.55 Å². The van der Waals surface area contributed by atoms with Crippen LogP contribution in [0.15, 0.2) is 60.9 Å². The van der Waals surface area contributed by atoms with Gasteiger partial charge in [-0.2, -0.15) is 13.2 Å². The number of aliphatic hydroxyl groups is 1. The molecule has 0 saturated carbocycles. The van der Waals surface area contributed by atoms with Gasteiger partial charge in [0, 0.05) is 23.5 Å². The van der Waals surface area contributed by atoms with Gasteiger partial charge in [0.05, 0.1) is 13.7 Å². The molecule has 4 nitrogen and oxygen atoms in total. The number of imidazole rings is 1. The minimum atomic E-state index is -4.94. The Morgan fingerprint density at radius 1 is 1.06 bits per heavy atom. The molecule has 0 aliphatic carbocycles. The molecule has 0 aliphatic heterocycles. The van der Waals surface area contributed by atoms with Crippen molar-refractivity contribution in [2.75, 3.05) is 7.11 Å². The topological polar surface area (TPSA) is 47.3 Å². The van der Waals surface area contributed by atoms with Gasteiger partial charge in [-0.3, -0.25) is 0 Å². The lowest BCUT2D eigenvalue weighted by molar-refractivity contribution is -0.271. The van der Waals surface area contributed by atoms with E-state index < -0.39 is 36.0 Å². The van der Waals surface area contributed by atoms with Gasteiger partial charge < -0.3 is 14.4 Å². The molecule has 0 saturated heterocycles. The first-order valence-corrected chi connectivity index (χ1v) is 9.66. The van der Waals surface area contributed by atoms with E-state index in [9.17, 15) is 22.7 Å². The molecule has 0 aliphatic rings. The van der Waals surface area contributed by atoms with Crippen LogP contribution in [0.4, 0.5) is 17.6 Å². The van der Waals surface area contributed by atoms with Gasteiger partial charge >= 0.3 is 6.18 Å². The summed E-state index contributed by atoms with van der Waals surface area (Å²) in [6.45, 7) is 2.28. The number of hydrogen-bond acceptors (Lipinski definition) is 3. The van der Waals surface area contributed by atoms with Crippen LogP contribution in [-0.4, -0.2) is 33.5 Å². The Labute approximate surface area is 178 Å². The van der Waals surface area contributed by atoms with Crippen molar-refractivity contribution in [3.63, 3.8) is 0 Å². The van der Waals surface area contributed by atoms with Gasteiger partial charge in [-0.25, -0.2) is 9.37 Å². The largest absolute Gasteiger partial charge is 0.496 e. The molecule has 1 unspecified atom stereocenters. The molecule has 0 amide bonds. The Bertz CT molecular complexity index is 1030. The maximum absolute atomic E-state index is 14.1. The highest BCUT2D eigenvalue weighted by Crippen LogP contribution is 2.44. The molecule has 1 N–H and O–H groups in total. The van der Waals surface area contributed by atoms with Gasteiger partial charge in [0.25, 0.3) is 0 Å². The molecule has 1 aromatic heterocycles. The standard InChI is InChI=1S/C23H24F4N2O2/c1-21(2,18-13-17(24)9-10-19(18)31-3)14-22(30,23(25,26)27)15-29-12-11-28-20(29)16-7-5-4-6-8-16/h4-13,30H,14-15H2,1-3H3. The third-order valence-corrected chi connectivity index (χ3v) is 5.33. The van der Waals surface area contributed by atoms with Gasteiger partial charge in [-0.1, -0.05) is 44.2 Å². The van der Waals surface area contributed by atoms with E-state index in [4.69, 9.17) is 4.74 Å². The smallest absolute Gasteiger partial charge is 0.418 e. The lowest BCUT2D eigenvalue weighted by Gasteiger charge is -2.38. The second kappa shape index (κ2) is 8.34. The van der Waals surface area contributed by atoms with Gasteiger partial charge in [-0.15, -0.1) is 0 Å². The lowest BCUT2D eigenvalue weighted by atomic mass is 9.74. The summed E-state index contributed by atoms with van der Waals surface area (Å²) < 4.78 is 62.8. The van der Waals surface area contributed by atoms with Crippen molar-refractivity contribution in [1.29, 1.82) is 0 Å². The van der Waals surface area contributed by atoms with Gasteiger partial charge in [-0.05, 0) is 30.0 Å². The van der Waals surface area contributed by atoms with E-state index >= 15 is 0 Å². The molecule has 8 heteroatoms. The average molecular weight is 436 g/mol. The van der Waals surface area contributed by atoms with Crippen LogP contribution in [0.25, 0.3) is 11.4 Å². The zero-order valence-electron chi connectivity index (χ0n) is 17.4. The van der Waals surface area contributed by atoms with E-state index in [0.29, 0.717) is 11.4 Å². The zero-order chi connectivity index (χ0) is 22.9. The number of methoxy groups -OCH3 is 1. The molecular formula is C23H24F4N2O2. The number of halogens is 4. The first kappa shape index (κ1) is 22.8. The number of hydrogen-bond donors (Lipinski definition) is 1. The Balaban J connectivity index is 2.00. The van der Waals surface area contributed by atoms with Crippen LogP contribution in [-0.2, 0) is 12.0 Å². The number of rotatable bonds is 7. The van der Waals surface area contributed by atoms with E-state index in [1.165, 1.54) is 50.1 Å². The fourth-order valence-electron chi connectivity index (χ4n) is 3.85. The van der Waals surface area contributed by atoms with E-state index in [2.05, 4.69) is 4.98 Å². The normalized spacial score (nSPS) is 14.3. The van der Waals surface area contributed by atoms with Crippen molar-refractivity contribution in [3.8, 4) is 17.1 Å². The monoisotopic (exact) mass is 436 g/mol. The molecule has 1 atom stereocenters. The van der Waals surface area contributed by atoms with Gasteiger partial charge in [0.2, 0.25) is 0 Å². The van der Waals surface area contributed by atoms with Crippen LogP contribution in [0.5, 0.6) is 5.75 Å². The summed E-state index contributed by atoms with van der Waals surface area (Å²) in [5.41, 5.74) is -3.49. The molecule has 0 bridgehead atoms. The van der Waals surface area contributed by atoms with E-state index in [0.717, 1.165) is 6.07 Å². The van der Waals surface area contributed by atoms with E-state index in [1.807, 2.05) is 0 Å². The zero-order valence-corrected chi connectivity index (χ0v) is 17.4. The number of benzene rings is 2. The minimum Gasteiger partial charge on any atom is -0.496 e. The summed E-state index contributed by atoms with van der Waals surface area (Å²) in [6.07, 6.45) is -2.87. The predicted octanol–water partition coefficient (Wildman–Crippen LogP) is 5.36. The Morgan fingerprint density at radius 2 is 1.74 bits per heavy atom. The molecule has 2 aromatic carbocycles. The summed E-state index contributed by atoms with van der Waals surface area (Å²) in [4.78, 5) is 4.16. The first-order valence-electron chi connectivity index (χ1n) is 9.66. The lowest BCUT2D eigenvalue weighted by Crippen LogP contribution is -2.52. The fourth-order valence-corrected chi connectivity index (χ4v) is 3.85. The van der Waals surface area contributed by atoms with Crippen LogP contribution < -0.4 is 4.74 Å². The third kappa shape index (κ3) is 4.74. The maximum atomic E-state index is 14.1. The first-order chi connectivity index (χ1) is 14.5. The molecule has 3 rings (SSSR count). The van der Waals surface area contributed by atoms with Crippen molar-refractivity contribution in [3.05, 3.63) is 72.3 Å². The molecular weight excluding hydrogens is 412 g/mol. The fraction of sp³-hybridized carbons (Fsp3) is 0.348. The highest BCUT2D eigenvalue weighted by molar-refractivity contribution is 5.55. The highest BCUT2D eigenvalue weighted by Gasteiger charge is 2.56. The Kier molecular flexibility index (Phi) is 6.14.